The maximum absolute atomic E-state index is 12.9. The summed E-state index contributed by atoms with van der Waals surface area (Å²) in [6, 6.07) is 5.44. The molecule has 0 spiro atoms. The van der Waals surface area contributed by atoms with Crippen molar-refractivity contribution in [2.45, 2.75) is 34.1 Å². The Morgan fingerprint density at radius 3 is 2.29 bits per heavy atom. The first-order chi connectivity index (χ1) is 11.1. The number of halogens is 1. The monoisotopic (exact) mass is 329 g/mol. The summed E-state index contributed by atoms with van der Waals surface area (Å²) in [4.78, 5) is 36.7. The number of hydrogen-bond donors (Lipinski definition) is 1. The number of nitrogens with one attached hydrogen (secondary N) is 1. The zero-order valence-electron chi connectivity index (χ0n) is 14.2. The molecule has 126 valence electrons. The molecule has 0 aliphatic heterocycles. The van der Waals surface area contributed by atoms with Crippen molar-refractivity contribution < 1.29 is 18.8 Å². The summed E-state index contributed by atoms with van der Waals surface area (Å²) in [5.74, 6) is -1.10. The summed E-state index contributed by atoms with van der Waals surface area (Å²) in [5, 5.41) is 2.67. The van der Waals surface area contributed by atoms with Gasteiger partial charge >= 0.3 is 0 Å². The molecule has 0 saturated carbocycles. The van der Waals surface area contributed by atoms with E-state index in [9.17, 15) is 18.8 Å². The zero-order valence-corrected chi connectivity index (χ0v) is 14.2. The van der Waals surface area contributed by atoms with E-state index in [1.165, 1.54) is 30.3 Å². The molecule has 0 bridgehead atoms. The van der Waals surface area contributed by atoms with Crippen LogP contribution in [0.1, 0.15) is 34.1 Å². The summed E-state index contributed by atoms with van der Waals surface area (Å²) in [6.45, 7) is 6.74. The minimum absolute atomic E-state index is 0.0307. The molecule has 1 amide bonds. The molecule has 5 heteroatoms. The molecular weight excluding hydrogens is 309 g/mol. The second-order valence-corrected chi connectivity index (χ2v) is 6.64. The molecule has 0 saturated heterocycles. The molecule has 0 atom stereocenters. The molecule has 1 aliphatic carbocycles. The third-order valence-electron chi connectivity index (χ3n) is 4.08. The number of hydrogen-bond acceptors (Lipinski definition) is 3. The average Bonchev–Trinajstić information content (AvgIpc) is 2.46. The average molecular weight is 329 g/mol. The highest BCUT2D eigenvalue weighted by Crippen LogP contribution is 2.36. The molecule has 1 aliphatic rings. The Kier molecular flexibility index (Phi) is 4.83. The van der Waals surface area contributed by atoms with Crippen molar-refractivity contribution in [2.75, 3.05) is 5.32 Å². The Morgan fingerprint density at radius 1 is 1.12 bits per heavy atom. The van der Waals surface area contributed by atoms with E-state index in [2.05, 4.69) is 5.32 Å². The summed E-state index contributed by atoms with van der Waals surface area (Å²) >= 11 is 0. The van der Waals surface area contributed by atoms with Crippen LogP contribution in [0.25, 0.3) is 0 Å². The van der Waals surface area contributed by atoms with Gasteiger partial charge in [0.05, 0.1) is 0 Å². The molecule has 1 N–H and O–H groups in total. The van der Waals surface area contributed by atoms with Gasteiger partial charge in [-0.05, 0) is 44.2 Å². The van der Waals surface area contributed by atoms with Crippen LogP contribution < -0.4 is 5.32 Å². The highest BCUT2D eigenvalue weighted by Gasteiger charge is 2.36. The zero-order chi connectivity index (χ0) is 18.1. The molecular formula is C19H20FNO3. The molecule has 2 rings (SSSR count). The largest absolute Gasteiger partial charge is 0.326 e. The second kappa shape index (κ2) is 6.51. The first-order valence-corrected chi connectivity index (χ1v) is 7.66. The molecule has 1 aromatic rings. The third kappa shape index (κ3) is 3.67. The molecule has 0 unspecified atom stereocenters. The van der Waals surface area contributed by atoms with Gasteiger partial charge in [0.15, 0.2) is 11.6 Å². The number of carbonyl (C=O) groups is 3. The number of amides is 1. The first kappa shape index (κ1) is 17.8. The highest BCUT2D eigenvalue weighted by atomic mass is 19.1. The minimum atomic E-state index is -0.794. The van der Waals surface area contributed by atoms with E-state index in [1.807, 2.05) is 0 Å². The summed E-state index contributed by atoms with van der Waals surface area (Å²) < 4.78 is 12.9. The van der Waals surface area contributed by atoms with Crippen LogP contribution in [-0.4, -0.2) is 17.5 Å². The molecule has 0 fully saturated rings. The van der Waals surface area contributed by atoms with Crippen LogP contribution in [0, 0.1) is 11.2 Å². The number of anilines is 1. The fourth-order valence-corrected chi connectivity index (χ4v) is 3.00. The highest BCUT2D eigenvalue weighted by molar-refractivity contribution is 6.22. The topological polar surface area (TPSA) is 63.2 Å². The SMILES string of the molecule is CC1=CC(=O)C(C(C)(C)CC(=O)Nc2ccc(F)cc2)=C(C)C1=O. The van der Waals surface area contributed by atoms with Gasteiger partial charge in [-0.3, -0.25) is 14.4 Å². The Morgan fingerprint density at radius 2 is 1.71 bits per heavy atom. The van der Waals surface area contributed by atoms with Crippen molar-refractivity contribution in [1.29, 1.82) is 0 Å². The van der Waals surface area contributed by atoms with Gasteiger partial charge in [-0.1, -0.05) is 13.8 Å². The normalized spacial score (nSPS) is 15.5. The Labute approximate surface area is 140 Å². The number of benzene rings is 1. The lowest BCUT2D eigenvalue weighted by molar-refractivity contribution is -0.119. The number of Topliss-reactive ketones (excluding diaryl/α,β-unsaturated/α-hetero) is 1. The van der Waals surface area contributed by atoms with E-state index >= 15 is 0 Å². The molecule has 0 radical (unpaired) electrons. The van der Waals surface area contributed by atoms with E-state index in [0.29, 0.717) is 22.4 Å². The summed E-state index contributed by atoms with van der Waals surface area (Å²) in [6.07, 6.45) is 1.35. The predicted octanol–water partition coefficient (Wildman–Crippen LogP) is 3.60. The van der Waals surface area contributed by atoms with Crippen LogP contribution in [0.5, 0.6) is 0 Å². The number of allylic oxidation sites excluding steroid dienone is 4. The first-order valence-electron chi connectivity index (χ1n) is 7.66. The van der Waals surface area contributed by atoms with Crippen LogP contribution in [0.3, 0.4) is 0 Å². The van der Waals surface area contributed by atoms with E-state index < -0.39 is 5.41 Å². The van der Waals surface area contributed by atoms with Gasteiger partial charge in [0, 0.05) is 34.2 Å². The van der Waals surface area contributed by atoms with Crippen molar-refractivity contribution in [2.24, 2.45) is 5.41 Å². The fraction of sp³-hybridized carbons (Fsp3) is 0.316. The van der Waals surface area contributed by atoms with E-state index in [4.69, 9.17) is 0 Å². The lowest BCUT2D eigenvalue weighted by Crippen LogP contribution is -2.31. The summed E-state index contributed by atoms with van der Waals surface area (Å²) in [7, 11) is 0. The van der Waals surface area contributed by atoms with Gasteiger partial charge in [-0.2, -0.15) is 0 Å². The van der Waals surface area contributed by atoms with E-state index in [0.717, 1.165) is 0 Å². The Hall–Kier alpha value is -2.56. The van der Waals surface area contributed by atoms with Gasteiger partial charge in [0.2, 0.25) is 5.91 Å². The maximum atomic E-state index is 12.9. The van der Waals surface area contributed by atoms with Crippen LogP contribution in [0.15, 0.2) is 47.1 Å². The van der Waals surface area contributed by atoms with Crippen LogP contribution in [0.2, 0.25) is 0 Å². The van der Waals surface area contributed by atoms with E-state index in [-0.39, 0.29) is 29.7 Å². The smallest absolute Gasteiger partial charge is 0.225 e. The van der Waals surface area contributed by atoms with Gasteiger partial charge in [0.1, 0.15) is 5.82 Å². The van der Waals surface area contributed by atoms with Crippen LogP contribution >= 0.6 is 0 Å². The van der Waals surface area contributed by atoms with Crippen molar-refractivity contribution in [3.8, 4) is 0 Å². The Balaban J connectivity index is 2.18. The standard InChI is InChI=1S/C19H20FNO3/c1-11-9-15(22)17(12(2)18(11)24)19(3,4)10-16(23)21-14-7-5-13(20)6-8-14/h5-9H,10H2,1-4H3,(H,21,23). The molecule has 1 aromatic carbocycles. The second-order valence-electron chi connectivity index (χ2n) is 6.64. The number of carbonyl (C=O) groups excluding carboxylic acids is 3. The van der Waals surface area contributed by atoms with Crippen molar-refractivity contribution in [3.05, 3.63) is 52.9 Å². The predicted molar refractivity (Wildman–Crippen MR) is 89.9 cm³/mol. The molecule has 4 nitrogen and oxygen atoms in total. The maximum Gasteiger partial charge on any atom is 0.225 e. The van der Waals surface area contributed by atoms with Gasteiger partial charge < -0.3 is 5.32 Å². The number of ketones is 2. The van der Waals surface area contributed by atoms with Crippen molar-refractivity contribution in [1.82, 2.24) is 0 Å². The minimum Gasteiger partial charge on any atom is -0.326 e. The van der Waals surface area contributed by atoms with Crippen LogP contribution in [0.4, 0.5) is 10.1 Å². The van der Waals surface area contributed by atoms with Crippen molar-refractivity contribution >= 4 is 23.2 Å². The lowest BCUT2D eigenvalue weighted by Gasteiger charge is -2.29. The van der Waals surface area contributed by atoms with E-state index in [1.54, 1.807) is 27.7 Å². The fourth-order valence-electron chi connectivity index (χ4n) is 3.00. The van der Waals surface area contributed by atoms with Gasteiger partial charge in [-0.15, -0.1) is 0 Å². The quantitative estimate of drug-likeness (QED) is 0.859. The van der Waals surface area contributed by atoms with Crippen molar-refractivity contribution in [3.63, 3.8) is 0 Å². The molecule has 0 aromatic heterocycles. The molecule has 0 heterocycles. The number of rotatable bonds is 4. The van der Waals surface area contributed by atoms with Gasteiger partial charge in [0.25, 0.3) is 0 Å². The summed E-state index contributed by atoms with van der Waals surface area (Å²) in [5.41, 5.74) is 0.849. The van der Waals surface area contributed by atoms with Crippen LogP contribution in [-0.2, 0) is 14.4 Å². The Bertz CT molecular complexity index is 770. The van der Waals surface area contributed by atoms with Gasteiger partial charge in [-0.25, -0.2) is 4.39 Å². The molecule has 24 heavy (non-hydrogen) atoms. The third-order valence-corrected chi connectivity index (χ3v) is 4.08. The lowest BCUT2D eigenvalue weighted by atomic mass is 9.73.